The smallest absolute Gasteiger partial charge is 0.275 e. The van der Waals surface area contributed by atoms with E-state index < -0.39 is 47.2 Å². The number of nitrogens with zero attached hydrogens (tertiary/aromatic N) is 2. The number of halogens is 4. The summed E-state index contributed by atoms with van der Waals surface area (Å²) in [6.07, 6.45) is 1.76. The van der Waals surface area contributed by atoms with Gasteiger partial charge in [0.1, 0.15) is 11.9 Å². The summed E-state index contributed by atoms with van der Waals surface area (Å²) in [5.41, 5.74) is 0.0769. The third-order valence-electron chi connectivity index (χ3n) is 6.86. The fraction of sp³-hybridized carbons (Fsp3) is 0.385. The SMILES string of the molecule is C[C@@H]1CC[C@@H]2C(=O)N(N(C(=O)c3ccc(Cl)cc3Cl)[C@@H](CCCl)C(=O)c3ccc(F)cc3)C(=O)[C@H]2C1. The summed E-state index contributed by atoms with van der Waals surface area (Å²) in [7, 11) is 0. The summed E-state index contributed by atoms with van der Waals surface area (Å²) >= 11 is 18.3. The Morgan fingerprint density at radius 2 is 1.72 bits per heavy atom. The molecular formula is C26H24Cl3FN2O4. The van der Waals surface area contributed by atoms with Crippen LogP contribution in [0, 0.1) is 23.6 Å². The number of carbonyl (C=O) groups excluding carboxylic acids is 4. The minimum absolute atomic E-state index is 0.00138. The average Bonchev–Trinajstić information content (AvgIpc) is 3.08. The van der Waals surface area contributed by atoms with E-state index in [-0.39, 0.29) is 39.4 Å². The van der Waals surface area contributed by atoms with Gasteiger partial charge in [0.05, 0.1) is 22.4 Å². The van der Waals surface area contributed by atoms with Crippen LogP contribution in [-0.4, -0.2) is 45.4 Å². The lowest BCUT2D eigenvalue weighted by atomic mass is 9.76. The lowest BCUT2D eigenvalue weighted by Gasteiger charge is -2.36. The van der Waals surface area contributed by atoms with Gasteiger partial charge >= 0.3 is 0 Å². The van der Waals surface area contributed by atoms with Crippen molar-refractivity contribution in [3.05, 3.63) is 69.5 Å². The molecule has 190 valence electrons. The molecule has 0 radical (unpaired) electrons. The van der Waals surface area contributed by atoms with Crippen molar-refractivity contribution in [2.24, 2.45) is 17.8 Å². The minimum Gasteiger partial charge on any atom is -0.292 e. The third-order valence-corrected chi connectivity index (χ3v) is 7.62. The largest absolute Gasteiger partial charge is 0.292 e. The van der Waals surface area contributed by atoms with E-state index in [2.05, 4.69) is 0 Å². The van der Waals surface area contributed by atoms with Crippen molar-refractivity contribution in [3.8, 4) is 0 Å². The maximum atomic E-state index is 13.9. The van der Waals surface area contributed by atoms with E-state index in [4.69, 9.17) is 34.8 Å². The van der Waals surface area contributed by atoms with Gasteiger partial charge in [0.15, 0.2) is 5.78 Å². The number of benzene rings is 2. The van der Waals surface area contributed by atoms with E-state index in [1.807, 2.05) is 6.92 Å². The molecule has 6 nitrogen and oxygen atoms in total. The molecule has 10 heteroatoms. The first-order valence-corrected chi connectivity index (χ1v) is 12.9. The molecule has 0 unspecified atom stereocenters. The monoisotopic (exact) mass is 552 g/mol. The highest BCUT2D eigenvalue weighted by Crippen LogP contribution is 2.42. The first kappa shape index (κ1) is 26.6. The van der Waals surface area contributed by atoms with Crippen molar-refractivity contribution >= 4 is 58.3 Å². The minimum atomic E-state index is -1.31. The van der Waals surface area contributed by atoms with E-state index in [1.165, 1.54) is 30.3 Å². The number of hydrogen-bond acceptors (Lipinski definition) is 4. The predicted octanol–water partition coefficient (Wildman–Crippen LogP) is 5.79. The Bertz CT molecular complexity index is 1210. The zero-order valence-corrected chi connectivity index (χ0v) is 21.7. The van der Waals surface area contributed by atoms with Gasteiger partial charge < -0.3 is 0 Å². The Balaban J connectivity index is 1.82. The molecule has 3 amide bonds. The molecule has 4 atom stereocenters. The summed E-state index contributed by atoms with van der Waals surface area (Å²) < 4.78 is 13.5. The molecule has 36 heavy (non-hydrogen) atoms. The molecular weight excluding hydrogens is 530 g/mol. The number of hydrogen-bond donors (Lipinski definition) is 0. The van der Waals surface area contributed by atoms with Gasteiger partial charge in [-0.05, 0) is 74.1 Å². The first-order valence-electron chi connectivity index (χ1n) is 11.7. The number of amides is 3. The van der Waals surface area contributed by atoms with Crippen molar-refractivity contribution in [2.75, 3.05) is 5.88 Å². The second-order valence-electron chi connectivity index (χ2n) is 9.26. The normalized spacial score (nSPS) is 22.4. The Labute approximate surface area is 223 Å². The Kier molecular flexibility index (Phi) is 8.03. The van der Waals surface area contributed by atoms with E-state index >= 15 is 0 Å². The van der Waals surface area contributed by atoms with Gasteiger partial charge in [-0.25, -0.2) is 9.40 Å². The van der Waals surface area contributed by atoms with E-state index in [0.29, 0.717) is 12.8 Å². The van der Waals surface area contributed by atoms with Crippen LogP contribution in [0.5, 0.6) is 0 Å². The van der Waals surface area contributed by atoms with Gasteiger partial charge in [-0.3, -0.25) is 19.2 Å². The highest BCUT2D eigenvalue weighted by molar-refractivity contribution is 6.36. The van der Waals surface area contributed by atoms with Crippen LogP contribution >= 0.6 is 34.8 Å². The molecule has 2 aromatic carbocycles. The number of Topliss-reactive ketones (excluding diaryl/α,β-unsaturated/α-hetero) is 1. The van der Waals surface area contributed by atoms with Crippen LogP contribution in [0.4, 0.5) is 4.39 Å². The van der Waals surface area contributed by atoms with Crippen LogP contribution in [0.15, 0.2) is 42.5 Å². The molecule has 2 aliphatic rings. The quantitative estimate of drug-likeness (QED) is 0.247. The summed E-state index contributed by atoms with van der Waals surface area (Å²) in [6, 6.07) is 7.69. The molecule has 1 saturated carbocycles. The lowest BCUT2D eigenvalue weighted by Crippen LogP contribution is -2.57. The number of fused-ring (bicyclic) bond motifs is 1. The molecule has 1 heterocycles. The van der Waals surface area contributed by atoms with E-state index in [9.17, 15) is 23.6 Å². The van der Waals surface area contributed by atoms with Crippen LogP contribution in [0.1, 0.15) is 53.3 Å². The van der Waals surface area contributed by atoms with Crippen molar-refractivity contribution in [1.82, 2.24) is 10.0 Å². The molecule has 1 aliphatic heterocycles. The molecule has 0 spiro atoms. The number of carbonyl (C=O) groups is 4. The maximum absolute atomic E-state index is 13.9. The molecule has 4 rings (SSSR count). The molecule has 0 aromatic heterocycles. The van der Waals surface area contributed by atoms with Crippen LogP contribution < -0.4 is 0 Å². The fourth-order valence-electron chi connectivity index (χ4n) is 5.02. The van der Waals surface area contributed by atoms with Crippen LogP contribution in [0.25, 0.3) is 0 Å². The molecule has 1 aliphatic carbocycles. The highest BCUT2D eigenvalue weighted by Gasteiger charge is 2.54. The Morgan fingerprint density at radius 3 is 2.36 bits per heavy atom. The first-order chi connectivity index (χ1) is 17.1. The number of imide groups is 1. The molecule has 0 N–H and O–H groups in total. The average molecular weight is 554 g/mol. The molecule has 2 fully saturated rings. The molecule has 2 aromatic rings. The van der Waals surface area contributed by atoms with Crippen LogP contribution in [-0.2, 0) is 9.59 Å². The maximum Gasteiger partial charge on any atom is 0.275 e. The highest BCUT2D eigenvalue weighted by atomic mass is 35.5. The van der Waals surface area contributed by atoms with Crippen molar-refractivity contribution in [3.63, 3.8) is 0 Å². The van der Waals surface area contributed by atoms with Crippen molar-refractivity contribution in [1.29, 1.82) is 0 Å². The number of rotatable bonds is 7. The van der Waals surface area contributed by atoms with E-state index in [1.54, 1.807) is 0 Å². The predicted molar refractivity (Wildman–Crippen MR) is 134 cm³/mol. The fourth-order valence-corrected chi connectivity index (χ4v) is 5.71. The second-order valence-corrected chi connectivity index (χ2v) is 10.5. The topological polar surface area (TPSA) is 74.8 Å². The molecule has 0 bridgehead atoms. The van der Waals surface area contributed by atoms with Gasteiger partial charge in [0.25, 0.3) is 17.7 Å². The van der Waals surface area contributed by atoms with Gasteiger partial charge in [0.2, 0.25) is 0 Å². The van der Waals surface area contributed by atoms with Gasteiger partial charge in [-0.2, -0.15) is 5.01 Å². The van der Waals surface area contributed by atoms with Gasteiger partial charge in [-0.15, -0.1) is 11.6 Å². The summed E-state index contributed by atoms with van der Waals surface area (Å²) in [6.45, 7) is 2.02. The standard InChI is InChI=1S/C26H24Cl3FN2O4/c1-14-2-8-18-20(12-14)26(36)32(24(18)34)31(25(35)19-9-5-16(28)13-21(19)29)22(10-11-27)23(33)15-3-6-17(30)7-4-15/h3-7,9,13-14,18,20,22H,2,8,10-12H2,1H3/t14-,18+,20+,22+/m1/s1. The second kappa shape index (κ2) is 10.9. The van der Waals surface area contributed by atoms with Gasteiger partial charge in [-0.1, -0.05) is 30.1 Å². The zero-order chi connectivity index (χ0) is 26.1. The van der Waals surface area contributed by atoms with Crippen LogP contribution in [0.2, 0.25) is 10.0 Å². The molecule has 1 saturated heterocycles. The van der Waals surface area contributed by atoms with Gasteiger partial charge in [0, 0.05) is 16.5 Å². The lowest BCUT2D eigenvalue weighted by molar-refractivity contribution is -0.156. The summed E-state index contributed by atoms with van der Waals surface area (Å²) in [5.74, 6) is -3.92. The zero-order valence-electron chi connectivity index (χ0n) is 19.4. The number of alkyl halides is 1. The van der Waals surface area contributed by atoms with Crippen molar-refractivity contribution in [2.45, 2.75) is 38.6 Å². The summed E-state index contributed by atoms with van der Waals surface area (Å²) in [4.78, 5) is 54.7. The summed E-state index contributed by atoms with van der Waals surface area (Å²) in [5, 5.41) is 2.01. The van der Waals surface area contributed by atoms with E-state index in [0.717, 1.165) is 28.6 Å². The third kappa shape index (κ3) is 5.01. The van der Waals surface area contributed by atoms with Crippen LogP contribution in [0.3, 0.4) is 0 Å². The Hall–Kier alpha value is -2.48. The number of ketones is 1. The Morgan fingerprint density at radius 1 is 1.06 bits per heavy atom. The number of hydrazine groups is 1. The van der Waals surface area contributed by atoms with Crippen molar-refractivity contribution < 1.29 is 23.6 Å².